The third-order valence-corrected chi connectivity index (χ3v) is 4.48. The molecule has 0 spiro atoms. The molecular formula is C19H29N3O3. The van der Waals surface area contributed by atoms with Crippen LogP contribution in [0.25, 0.3) is 0 Å². The van der Waals surface area contributed by atoms with Crippen molar-refractivity contribution in [2.45, 2.75) is 20.4 Å². The van der Waals surface area contributed by atoms with Crippen molar-refractivity contribution in [1.82, 2.24) is 14.7 Å². The zero-order valence-electron chi connectivity index (χ0n) is 15.7. The summed E-state index contributed by atoms with van der Waals surface area (Å²) in [6, 6.07) is 8.06. The molecule has 0 radical (unpaired) electrons. The summed E-state index contributed by atoms with van der Waals surface area (Å²) in [5, 5.41) is 0. The highest BCUT2D eigenvalue weighted by Gasteiger charge is 2.29. The van der Waals surface area contributed by atoms with Gasteiger partial charge in [0.2, 0.25) is 11.8 Å². The van der Waals surface area contributed by atoms with E-state index < -0.39 is 0 Å². The molecule has 1 saturated heterocycles. The number of benzene rings is 1. The van der Waals surface area contributed by atoms with E-state index in [2.05, 4.69) is 17.0 Å². The highest BCUT2D eigenvalue weighted by molar-refractivity contribution is 5.80. The van der Waals surface area contributed by atoms with Crippen molar-refractivity contribution in [3.05, 3.63) is 29.8 Å². The largest absolute Gasteiger partial charge is 0.494 e. The Labute approximate surface area is 150 Å². The van der Waals surface area contributed by atoms with Crippen LogP contribution in [0, 0.1) is 5.92 Å². The van der Waals surface area contributed by atoms with Gasteiger partial charge < -0.3 is 14.5 Å². The van der Waals surface area contributed by atoms with Crippen molar-refractivity contribution in [2.75, 3.05) is 46.9 Å². The van der Waals surface area contributed by atoms with E-state index in [0.717, 1.165) is 18.8 Å². The standard InChI is InChI=1S/C19H29N3O3/c1-5-25-18-8-6-16(7-9-18)12-21-10-11-22(15(2)23)14-17(13-21)19(24)20(3)4/h6-9,17H,5,10-14H2,1-4H3/t17-/m0/s1. The van der Waals surface area contributed by atoms with E-state index in [-0.39, 0.29) is 17.7 Å². The number of amides is 2. The number of hydrogen-bond donors (Lipinski definition) is 0. The van der Waals surface area contributed by atoms with Gasteiger partial charge in [0, 0.05) is 53.7 Å². The molecule has 0 N–H and O–H groups in total. The van der Waals surface area contributed by atoms with Crippen LogP contribution in [0.5, 0.6) is 5.75 Å². The molecule has 6 nitrogen and oxygen atoms in total. The average molecular weight is 347 g/mol. The van der Waals surface area contributed by atoms with E-state index >= 15 is 0 Å². The van der Waals surface area contributed by atoms with Gasteiger partial charge >= 0.3 is 0 Å². The second-order valence-corrected chi connectivity index (χ2v) is 6.71. The van der Waals surface area contributed by atoms with Crippen LogP contribution < -0.4 is 4.74 Å². The summed E-state index contributed by atoms with van der Waals surface area (Å²) in [4.78, 5) is 30.0. The van der Waals surface area contributed by atoms with Crippen LogP contribution >= 0.6 is 0 Å². The normalized spacial score (nSPS) is 18.6. The van der Waals surface area contributed by atoms with Crippen molar-refractivity contribution in [3.63, 3.8) is 0 Å². The molecule has 1 aromatic rings. The topological polar surface area (TPSA) is 53.1 Å². The van der Waals surface area contributed by atoms with Gasteiger partial charge in [0.05, 0.1) is 12.5 Å². The van der Waals surface area contributed by atoms with E-state index in [1.165, 1.54) is 5.56 Å². The molecule has 1 aliphatic rings. The van der Waals surface area contributed by atoms with E-state index in [1.807, 2.05) is 19.1 Å². The fourth-order valence-corrected chi connectivity index (χ4v) is 3.15. The zero-order chi connectivity index (χ0) is 18.4. The molecule has 0 aliphatic carbocycles. The Morgan fingerprint density at radius 1 is 1.16 bits per heavy atom. The Morgan fingerprint density at radius 2 is 1.84 bits per heavy atom. The molecule has 1 aromatic carbocycles. The summed E-state index contributed by atoms with van der Waals surface area (Å²) in [5.74, 6) is 0.777. The summed E-state index contributed by atoms with van der Waals surface area (Å²) in [7, 11) is 3.53. The number of hydrogen-bond acceptors (Lipinski definition) is 4. The monoisotopic (exact) mass is 347 g/mol. The highest BCUT2D eigenvalue weighted by Crippen LogP contribution is 2.17. The Balaban J connectivity index is 2.08. The van der Waals surface area contributed by atoms with Gasteiger partial charge in [0.25, 0.3) is 0 Å². The lowest BCUT2D eigenvalue weighted by Gasteiger charge is -2.25. The smallest absolute Gasteiger partial charge is 0.228 e. The molecule has 0 unspecified atom stereocenters. The Bertz CT molecular complexity index is 586. The predicted molar refractivity (Wildman–Crippen MR) is 97.3 cm³/mol. The lowest BCUT2D eigenvalue weighted by Crippen LogP contribution is -2.41. The number of nitrogens with zero attached hydrogens (tertiary/aromatic N) is 3. The average Bonchev–Trinajstić information content (AvgIpc) is 2.79. The van der Waals surface area contributed by atoms with Crippen LogP contribution in [-0.4, -0.2) is 73.4 Å². The lowest BCUT2D eigenvalue weighted by atomic mass is 10.1. The predicted octanol–water partition coefficient (Wildman–Crippen LogP) is 1.45. The second-order valence-electron chi connectivity index (χ2n) is 6.71. The van der Waals surface area contributed by atoms with Gasteiger partial charge in [0.1, 0.15) is 5.75 Å². The fraction of sp³-hybridized carbons (Fsp3) is 0.579. The first kappa shape index (κ1) is 19.2. The van der Waals surface area contributed by atoms with Crippen molar-refractivity contribution >= 4 is 11.8 Å². The van der Waals surface area contributed by atoms with Gasteiger partial charge in [-0.1, -0.05) is 12.1 Å². The van der Waals surface area contributed by atoms with Gasteiger partial charge in [0.15, 0.2) is 0 Å². The van der Waals surface area contributed by atoms with Crippen molar-refractivity contribution in [3.8, 4) is 5.75 Å². The van der Waals surface area contributed by atoms with Crippen molar-refractivity contribution < 1.29 is 14.3 Å². The van der Waals surface area contributed by atoms with Crippen LogP contribution in [0.15, 0.2) is 24.3 Å². The van der Waals surface area contributed by atoms with E-state index in [0.29, 0.717) is 26.2 Å². The van der Waals surface area contributed by atoms with Crippen LogP contribution in [0.1, 0.15) is 19.4 Å². The Morgan fingerprint density at radius 3 is 2.40 bits per heavy atom. The Hall–Kier alpha value is -2.08. The van der Waals surface area contributed by atoms with Gasteiger partial charge in [-0.2, -0.15) is 0 Å². The summed E-state index contributed by atoms with van der Waals surface area (Å²) in [5.41, 5.74) is 1.18. The second kappa shape index (κ2) is 8.85. The van der Waals surface area contributed by atoms with Gasteiger partial charge in [-0.3, -0.25) is 14.5 Å². The molecule has 0 saturated carbocycles. The molecule has 2 rings (SSSR count). The minimum absolute atomic E-state index is 0.0273. The quantitative estimate of drug-likeness (QED) is 0.809. The number of carbonyl (C=O) groups is 2. The fourth-order valence-electron chi connectivity index (χ4n) is 3.15. The molecule has 1 heterocycles. The third kappa shape index (κ3) is 5.46. The summed E-state index contributed by atoms with van der Waals surface area (Å²) in [6.07, 6.45) is 0. The number of ether oxygens (including phenoxy) is 1. The molecule has 0 aromatic heterocycles. The highest BCUT2D eigenvalue weighted by atomic mass is 16.5. The first-order chi connectivity index (χ1) is 11.9. The molecule has 138 valence electrons. The maximum absolute atomic E-state index is 12.5. The first-order valence-corrected chi connectivity index (χ1v) is 8.81. The van der Waals surface area contributed by atoms with Crippen LogP contribution in [-0.2, 0) is 16.1 Å². The zero-order valence-corrected chi connectivity index (χ0v) is 15.7. The minimum Gasteiger partial charge on any atom is -0.494 e. The third-order valence-electron chi connectivity index (χ3n) is 4.48. The van der Waals surface area contributed by atoms with E-state index in [1.54, 1.807) is 30.8 Å². The van der Waals surface area contributed by atoms with Gasteiger partial charge in [-0.25, -0.2) is 0 Å². The molecule has 1 aliphatic heterocycles. The Kier molecular flexibility index (Phi) is 6.82. The molecule has 25 heavy (non-hydrogen) atoms. The molecule has 1 atom stereocenters. The maximum atomic E-state index is 12.5. The van der Waals surface area contributed by atoms with Gasteiger partial charge in [-0.15, -0.1) is 0 Å². The number of rotatable bonds is 5. The summed E-state index contributed by atoms with van der Waals surface area (Å²) < 4.78 is 5.48. The van der Waals surface area contributed by atoms with Crippen LogP contribution in [0.4, 0.5) is 0 Å². The van der Waals surface area contributed by atoms with E-state index in [4.69, 9.17) is 4.74 Å². The molecule has 2 amide bonds. The maximum Gasteiger partial charge on any atom is 0.228 e. The van der Waals surface area contributed by atoms with Crippen LogP contribution in [0.2, 0.25) is 0 Å². The van der Waals surface area contributed by atoms with Crippen LogP contribution in [0.3, 0.4) is 0 Å². The molecule has 1 fully saturated rings. The summed E-state index contributed by atoms with van der Waals surface area (Å²) in [6.45, 7) is 7.52. The molecule has 6 heteroatoms. The minimum atomic E-state index is -0.191. The number of carbonyl (C=O) groups excluding carboxylic acids is 2. The SMILES string of the molecule is CCOc1ccc(CN2CCN(C(C)=O)C[C@@H](C(=O)N(C)C)C2)cc1. The van der Waals surface area contributed by atoms with Crippen molar-refractivity contribution in [1.29, 1.82) is 0 Å². The molecular weight excluding hydrogens is 318 g/mol. The summed E-state index contributed by atoms with van der Waals surface area (Å²) >= 11 is 0. The van der Waals surface area contributed by atoms with Gasteiger partial charge in [-0.05, 0) is 24.6 Å². The first-order valence-electron chi connectivity index (χ1n) is 8.81. The molecule has 0 bridgehead atoms. The van der Waals surface area contributed by atoms with E-state index in [9.17, 15) is 9.59 Å². The lowest BCUT2D eigenvalue weighted by molar-refractivity contribution is -0.135. The van der Waals surface area contributed by atoms with Crippen molar-refractivity contribution in [2.24, 2.45) is 5.92 Å².